The molecule has 0 unspecified atom stereocenters. The number of carboxylic acid groups (broad SMARTS) is 1. The maximum atomic E-state index is 12.5. The first-order valence-electron chi connectivity index (χ1n) is 7.90. The number of aliphatic carboxylic acids is 1. The smallest absolute Gasteiger partial charge is 0.314 e. The SMILES string of the molecule is C=CCN1C[C@]2(C(=O)O)CN(C(=O)CCc3ccsc3)C[C@@H]2C1=O. The lowest BCUT2D eigenvalue weighted by atomic mass is 9.81. The van der Waals surface area contributed by atoms with Crippen molar-refractivity contribution in [3.8, 4) is 0 Å². The molecule has 7 heteroatoms. The number of carboxylic acids is 1. The van der Waals surface area contributed by atoms with E-state index in [-0.39, 0.29) is 31.4 Å². The molecule has 2 fully saturated rings. The highest BCUT2D eigenvalue weighted by molar-refractivity contribution is 7.07. The second-order valence-corrected chi connectivity index (χ2v) is 7.21. The van der Waals surface area contributed by atoms with Gasteiger partial charge in [0, 0.05) is 32.6 Å². The number of likely N-dealkylation sites (tertiary alicyclic amines) is 2. The number of fused-ring (bicyclic) bond motifs is 1. The van der Waals surface area contributed by atoms with Crippen LogP contribution in [0, 0.1) is 11.3 Å². The van der Waals surface area contributed by atoms with Crippen molar-refractivity contribution in [2.45, 2.75) is 12.8 Å². The van der Waals surface area contributed by atoms with Gasteiger partial charge in [-0.25, -0.2) is 0 Å². The van der Waals surface area contributed by atoms with Crippen LogP contribution in [-0.2, 0) is 20.8 Å². The van der Waals surface area contributed by atoms with Gasteiger partial charge in [0.15, 0.2) is 0 Å². The Morgan fingerprint density at radius 2 is 2.25 bits per heavy atom. The Balaban J connectivity index is 1.70. The number of amides is 2. The zero-order valence-electron chi connectivity index (χ0n) is 13.3. The van der Waals surface area contributed by atoms with Gasteiger partial charge >= 0.3 is 5.97 Å². The van der Waals surface area contributed by atoms with Crippen LogP contribution in [-0.4, -0.2) is 58.9 Å². The summed E-state index contributed by atoms with van der Waals surface area (Å²) in [6.45, 7) is 4.40. The summed E-state index contributed by atoms with van der Waals surface area (Å²) in [6.07, 6.45) is 2.57. The van der Waals surface area contributed by atoms with Gasteiger partial charge in [0.05, 0.1) is 5.92 Å². The van der Waals surface area contributed by atoms with Gasteiger partial charge in [0.1, 0.15) is 5.41 Å². The van der Waals surface area contributed by atoms with E-state index in [1.54, 1.807) is 22.3 Å². The fraction of sp³-hybridized carbons (Fsp3) is 0.471. The number of hydrogen-bond donors (Lipinski definition) is 1. The normalized spacial score (nSPS) is 25.8. The molecular weight excluding hydrogens is 328 g/mol. The molecule has 0 saturated carbocycles. The second kappa shape index (κ2) is 6.39. The van der Waals surface area contributed by atoms with E-state index in [2.05, 4.69) is 6.58 Å². The average molecular weight is 348 g/mol. The molecule has 0 aromatic carbocycles. The van der Waals surface area contributed by atoms with E-state index in [1.165, 1.54) is 4.90 Å². The monoisotopic (exact) mass is 348 g/mol. The summed E-state index contributed by atoms with van der Waals surface area (Å²) in [4.78, 5) is 39.9. The van der Waals surface area contributed by atoms with Crippen LogP contribution in [0.25, 0.3) is 0 Å². The van der Waals surface area contributed by atoms with Gasteiger partial charge in [-0.2, -0.15) is 11.3 Å². The van der Waals surface area contributed by atoms with Crippen LogP contribution in [0.3, 0.4) is 0 Å². The molecule has 2 saturated heterocycles. The highest BCUT2D eigenvalue weighted by Gasteiger charge is 2.62. The third-order valence-corrected chi connectivity index (χ3v) is 5.69. The summed E-state index contributed by atoms with van der Waals surface area (Å²) in [7, 11) is 0. The molecule has 3 rings (SSSR count). The number of hydrogen-bond acceptors (Lipinski definition) is 4. The molecule has 24 heavy (non-hydrogen) atoms. The van der Waals surface area contributed by atoms with E-state index >= 15 is 0 Å². The third-order valence-electron chi connectivity index (χ3n) is 4.96. The predicted octanol–water partition coefficient (Wildman–Crippen LogP) is 1.24. The maximum Gasteiger partial charge on any atom is 0.314 e. The highest BCUT2D eigenvalue weighted by atomic mass is 32.1. The molecule has 1 aromatic rings. The second-order valence-electron chi connectivity index (χ2n) is 6.43. The Labute approximate surface area is 144 Å². The number of aryl methyl sites for hydroxylation is 1. The number of carbonyl (C=O) groups excluding carboxylic acids is 2. The molecule has 2 aliphatic rings. The van der Waals surface area contributed by atoms with E-state index in [1.807, 2.05) is 16.8 Å². The van der Waals surface area contributed by atoms with Gasteiger partial charge in [-0.3, -0.25) is 14.4 Å². The van der Waals surface area contributed by atoms with Crippen molar-refractivity contribution in [3.63, 3.8) is 0 Å². The van der Waals surface area contributed by atoms with Crippen molar-refractivity contribution in [2.75, 3.05) is 26.2 Å². The minimum Gasteiger partial charge on any atom is -0.481 e. The molecule has 0 radical (unpaired) electrons. The van der Waals surface area contributed by atoms with E-state index in [0.717, 1.165) is 5.56 Å². The molecule has 0 spiro atoms. The summed E-state index contributed by atoms with van der Waals surface area (Å²) >= 11 is 1.58. The Morgan fingerprint density at radius 1 is 1.46 bits per heavy atom. The van der Waals surface area contributed by atoms with Crippen LogP contribution >= 0.6 is 11.3 Å². The summed E-state index contributed by atoms with van der Waals surface area (Å²) in [5.41, 5.74) is -0.0769. The standard InChI is InChI=1S/C17H20N2O4S/c1-2-6-18-10-17(16(22)23)11-19(8-13(17)15(18)21)14(20)4-3-12-5-7-24-9-12/h2,5,7,9,13H,1,3-4,6,8,10-11H2,(H,22,23)/t13-,17+/m1/s1. The van der Waals surface area contributed by atoms with Gasteiger partial charge in [-0.1, -0.05) is 6.08 Å². The third kappa shape index (κ3) is 2.73. The summed E-state index contributed by atoms with van der Waals surface area (Å²) in [6, 6.07) is 1.98. The maximum absolute atomic E-state index is 12.5. The molecule has 3 heterocycles. The Morgan fingerprint density at radius 3 is 2.83 bits per heavy atom. The van der Waals surface area contributed by atoms with Crippen LogP contribution in [0.5, 0.6) is 0 Å². The zero-order valence-corrected chi connectivity index (χ0v) is 14.1. The van der Waals surface area contributed by atoms with E-state index < -0.39 is 17.3 Å². The van der Waals surface area contributed by atoms with Gasteiger partial charge in [-0.05, 0) is 28.8 Å². The fourth-order valence-corrected chi connectivity index (χ4v) is 4.36. The van der Waals surface area contributed by atoms with Crippen LogP contribution in [0.15, 0.2) is 29.5 Å². The molecular formula is C17H20N2O4S. The van der Waals surface area contributed by atoms with Crippen LogP contribution in [0.2, 0.25) is 0 Å². The first kappa shape index (κ1) is 16.7. The summed E-state index contributed by atoms with van der Waals surface area (Å²) in [5, 5.41) is 13.7. The minimum absolute atomic E-state index is 0.0840. The molecule has 1 N–H and O–H groups in total. The Bertz CT molecular complexity index is 672. The van der Waals surface area contributed by atoms with Crippen molar-refractivity contribution in [1.29, 1.82) is 0 Å². The molecule has 128 valence electrons. The van der Waals surface area contributed by atoms with Gasteiger partial charge < -0.3 is 14.9 Å². The lowest BCUT2D eigenvalue weighted by molar-refractivity contribution is -0.150. The van der Waals surface area contributed by atoms with Crippen LogP contribution in [0.4, 0.5) is 0 Å². The average Bonchev–Trinajstić information content (AvgIpc) is 3.24. The zero-order chi connectivity index (χ0) is 17.3. The van der Waals surface area contributed by atoms with Crippen LogP contribution < -0.4 is 0 Å². The van der Waals surface area contributed by atoms with Crippen molar-refractivity contribution < 1.29 is 19.5 Å². The van der Waals surface area contributed by atoms with Gasteiger partial charge in [0.25, 0.3) is 0 Å². The van der Waals surface area contributed by atoms with Crippen molar-refractivity contribution >= 4 is 29.1 Å². The molecule has 2 amide bonds. The highest BCUT2D eigenvalue weighted by Crippen LogP contribution is 2.43. The van der Waals surface area contributed by atoms with Crippen molar-refractivity contribution in [3.05, 3.63) is 35.0 Å². The lowest BCUT2D eigenvalue weighted by Gasteiger charge is -2.24. The Kier molecular flexibility index (Phi) is 4.45. The van der Waals surface area contributed by atoms with Gasteiger partial charge in [0.2, 0.25) is 11.8 Å². The quantitative estimate of drug-likeness (QED) is 0.785. The molecule has 2 atom stereocenters. The summed E-state index contributed by atoms with van der Waals surface area (Å²) in [5.74, 6) is -1.93. The lowest BCUT2D eigenvalue weighted by Crippen LogP contribution is -2.42. The van der Waals surface area contributed by atoms with Crippen molar-refractivity contribution in [1.82, 2.24) is 9.80 Å². The summed E-state index contributed by atoms with van der Waals surface area (Å²) < 4.78 is 0. The fourth-order valence-electron chi connectivity index (χ4n) is 3.65. The molecule has 0 bridgehead atoms. The largest absolute Gasteiger partial charge is 0.481 e. The van der Waals surface area contributed by atoms with E-state index in [9.17, 15) is 19.5 Å². The van der Waals surface area contributed by atoms with E-state index in [0.29, 0.717) is 19.4 Å². The predicted molar refractivity (Wildman–Crippen MR) is 89.6 cm³/mol. The molecule has 6 nitrogen and oxygen atoms in total. The topological polar surface area (TPSA) is 77.9 Å². The number of rotatable bonds is 6. The first-order chi connectivity index (χ1) is 11.5. The van der Waals surface area contributed by atoms with Crippen molar-refractivity contribution in [2.24, 2.45) is 11.3 Å². The Hall–Kier alpha value is -2.15. The first-order valence-corrected chi connectivity index (χ1v) is 8.84. The number of carbonyl (C=O) groups is 3. The molecule has 2 aliphatic heterocycles. The van der Waals surface area contributed by atoms with Crippen LogP contribution in [0.1, 0.15) is 12.0 Å². The van der Waals surface area contributed by atoms with Gasteiger partial charge in [-0.15, -0.1) is 6.58 Å². The molecule has 1 aromatic heterocycles. The number of nitrogens with zero attached hydrogens (tertiary/aromatic N) is 2. The molecule has 0 aliphatic carbocycles. The minimum atomic E-state index is -1.18. The number of thiophene rings is 1. The van der Waals surface area contributed by atoms with E-state index in [4.69, 9.17) is 0 Å².